The van der Waals surface area contributed by atoms with Gasteiger partial charge >= 0.3 is 5.69 Å². The minimum Gasteiger partial charge on any atom is -0.396 e. The highest BCUT2D eigenvalue weighted by atomic mass is 19.3. The lowest BCUT2D eigenvalue weighted by Crippen LogP contribution is -2.44. The number of nitrogens with zero attached hydrogens (tertiary/aromatic N) is 6. The van der Waals surface area contributed by atoms with E-state index in [1.54, 1.807) is 27.1 Å². The lowest BCUT2D eigenvalue weighted by Gasteiger charge is -2.39. The Kier molecular flexibility index (Phi) is 8.60. The van der Waals surface area contributed by atoms with Crippen LogP contribution in [-0.4, -0.2) is 73.3 Å². The summed E-state index contributed by atoms with van der Waals surface area (Å²) in [6, 6.07) is 5.80. The number of rotatable bonds is 8. The monoisotopic (exact) mass is 612 g/mol. The van der Waals surface area contributed by atoms with E-state index in [-0.39, 0.29) is 35.4 Å². The molecule has 238 valence electrons. The first kappa shape index (κ1) is 30.4. The summed E-state index contributed by atoms with van der Waals surface area (Å²) in [5.74, 6) is -0.151. The average Bonchev–Trinajstić information content (AvgIpc) is 3.51. The van der Waals surface area contributed by atoms with E-state index >= 15 is 0 Å². The molecule has 2 aliphatic heterocycles. The van der Waals surface area contributed by atoms with E-state index in [1.807, 2.05) is 12.1 Å². The van der Waals surface area contributed by atoms with Gasteiger partial charge < -0.3 is 10.6 Å². The molecule has 2 saturated heterocycles. The van der Waals surface area contributed by atoms with E-state index in [1.165, 1.54) is 0 Å². The van der Waals surface area contributed by atoms with Crippen molar-refractivity contribution in [2.45, 2.75) is 82.5 Å². The molecule has 3 N–H and O–H groups in total. The molecule has 3 aromatic rings. The number of fused-ring (bicyclic) bond motifs is 1. The van der Waals surface area contributed by atoms with Crippen LogP contribution in [0.3, 0.4) is 0 Å². The Balaban J connectivity index is 1.03. The van der Waals surface area contributed by atoms with E-state index < -0.39 is 18.4 Å². The second kappa shape index (κ2) is 12.4. The highest BCUT2D eigenvalue weighted by Gasteiger charge is 2.32. The fourth-order valence-corrected chi connectivity index (χ4v) is 7.56. The molecule has 13 heteroatoms. The number of aromatic nitrogens is 4. The van der Waals surface area contributed by atoms with Crippen LogP contribution in [0.25, 0.3) is 11.0 Å². The van der Waals surface area contributed by atoms with Gasteiger partial charge in [0.1, 0.15) is 6.04 Å². The number of alkyl halides is 2. The first-order valence-electron chi connectivity index (χ1n) is 15.7. The zero-order valence-corrected chi connectivity index (χ0v) is 25.4. The van der Waals surface area contributed by atoms with Crippen molar-refractivity contribution >= 4 is 28.5 Å². The van der Waals surface area contributed by atoms with Gasteiger partial charge in [-0.2, -0.15) is 5.10 Å². The number of imide groups is 1. The summed E-state index contributed by atoms with van der Waals surface area (Å²) < 4.78 is 31.0. The van der Waals surface area contributed by atoms with E-state index in [2.05, 4.69) is 33.3 Å². The quantitative estimate of drug-likeness (QED) is 0.374. The first-order valence-corrected chi connectivity index (χ1v) is 15.7. The number of amides is 2. The van der Waals surface area contributed by atoms with Crippen LogP contribution in [0.15, 0.2) is 29.2 Å². The highest BCUT2D eigenvalue weighted by molar-refractivity contribution is 6.00. The van der Waals surface area contributed by atoms with E-state index in [4.69, 9.17) is 5.73 Å². The van der Waals surface area contributed by atoms with Gasteiger partial charge in [-0.25, -0.2) is 13.6 Å². The number of likely N-dealkylation sites (tertiary alicyclic amines) is 1. The maximum atomic E-state index is 13.3. The number of piperidine rings is 2. The molecule has 3 aliphatic rings. The Bertz CT molecular complexity index is 1580. The van der Waals surface area contributed by atoms with Gasteiger partial charge in [0.05, 0.1) is 22.8 Å². The normalized spacial score (nSPS) is 24.1. The standard InChI is InChI=1S/C31H42F2N8O3/c1-37(16-19-6-8-22(9-7-19)40-18-23(34)27(36-40)29(32)33)21-12-14-39(15-13-21)17-20-4-3-5-24-28(20)38(2)31(44)41(24)25-10-11-26(42)35-30(25)43/h3-5,18-19,21-22,25,29H,6-17,34H2,1-2H3,(H,35,42,43)/t19-,22-,25?. The highest BCUT2D eigenvalue weighted by Crippen LogP contribution is 2.35. The summed E-state index contributed by atoms with van der Waals surface area (Å²) in [4.78, 5) is 42.5. The van der Waals surface area contributed by atoms with Gasteiger partial charge in [0.15, 0.2) is 5.69 Å². The minimum atomic E-state index is -2.65. The van der Waals surface area contributed by atoms with Crippen molar-refractivity contribution in [2.24, 2.45) is 13.0 Å². The maximum Gasteiger partial charge on any atom is 0.329 e. The summed E-state index contributed by atoms with van der Waals surface area (Å²) in [6.07, 6.45) is 5.47. The number of carbonyl (C=O) groups is 2. The van der Waals surface area contributed by atoms with Crippen molar-refractivity contribution in [3.63, 3.8) is 0 Å². The number of para-hydroxylation sites is 1. The Labute approximate surface area is 254 Å². The van der Waals surface area contributed by atoms with Crippen molar-refractivity contribution in [1.82, 2.24) is 34.0 Å². The topological polar surface area (TPSA) is 123 Å². The third-order valence-electron chi connectivity index (χ3n) is 10.0. The molecule has 6 rings (SSSR count). The van der Waals surface area contributed by atoms with Gasteiger partial charge in [-0.15, -0.1) is 0 Å². The number of halogens is 2. The molecule has 1 saturated carbocycles. The van der Waals surface area contributed by atoms with Crippen molar-refractivity contribution in [3.8, 4) is 0 Å². The Hall–Kier alpha value is -3.58. The molecule has 0 spiro atoms. The molecule has 2 aromatic heterocycles. The van der Waals surface area contributed by atoms with Gasteiger partial charge in [-0.05, 0) is 82.6 Å². The van der Waals surface area contributed by atoms with Gasteiger partial charge in [-0.1, -0.05) is 12.1 Å². The summed E-state index contributed by atoms with van der Waals surface area (Å²) in [5.41, 5.74) is 7.86. The zero-order chi connectivity index (χ0) is 31.1. The molecule has 1 aliphatic carbocycles. The number of nitrogens with one attached hydrogen (secondary N) is 1. The zero-order valence-electron chi connectivity index (χ0n) is 25.4. The van der Waals surface area contributed by atoms with Gasteiger partial charge in [0.2, 0.25) is 11.8 Å². The van der Waals surface area contributed by atoms with Gasteiger partial charge in [-0.3, -0.25) is 33.6 Å². The van der Waals surface area contributed by atoms with E-state index in [0.29, 0.717) is 18.4 Å². The number of nitrogens with two attached hydrogens (primary N) is 1. The summed E-state index contributed by atoms with van der Waals surface area (Å²) in [6.45, 7) is 3.64. The number of aryl methyl sites for hydroxylation is 1. The molecule has 0 bridgehead atoms. The molecule has 11 nitrogen and oxygen atoms in total. The lowest BCUT2D eigenvalue weighted by atomic mass is 9.85. The molecule has 1 atom stereocenters. The number of hydrogen-bond acceptors (Lipinski definition) is 7. The largest absolute Gasteiger partial charge is 0.396 e. The predicted octanol–water partition coefficient (Wildman–Crippen LogP) is 3.36. The summed E-state index contributed by atoms with van der Waals surface area (Å²) >= 11 is 0. The van der Waals surface area contributed by atoms with E-state index in [0.717, 1.165) is 81.3 Å². The maximum absolute atomic E-state index is 13.3. The number of hydrogen-bond donors (Lipinski definition) is 2. The molecule has 44 heavy (non-hydrogen) atoms. The van der Waals surface area contributed by atoms with Crippen LogP contribution < -0.4 is 16.7 Å². The first-order chi connectivity index (χ1) is 21.1. The summed E-state index contributed by atoms with van der Waals surface area (Å²) in [7, 11) is 3.96. The van der Waals surface area contributed by atoms with Crippen molar-refractivity contribution in [1.29, 1.82) is 0 Å². The smallest absolute Gasteiger partial charge is 0.329 e. The molecular weight excluding hydrogens is 570 g/mol. The molecule has 2 amide bonds. The lowest BCUT2D eigenvalue weighted by molar-refractivity contribution is -0.135. The fourth-order valence-electron chi connectivity index (χ4n) is 7.56. The fraction of sp³-hybridized carbons (Fsp3) is 0.613. The number of nitrogen functional groups attached to an aromatic ring is 1. The third kappa shape index (κ3) is 5.91. The van der Waals surface area contributed by atoms with Crippen LogP contribution in [0.2, 0.25) is 0 Å². The Morgan fingerprint density at radius 2 is 1.80 bits per heavy atom. The molecular formula is C31H42F2N8O3. The van der Waals surface area contributed by atoms with Crippen LogP contribution in [0.5, 0.6) is 0 Å². The van der Waals surface area contributed by atoms with Crippen LogP contribution in [0.1, 0.15) is 81.1 Å². The second-order valence-corrected chi connectivity index (χ2v) is 12.8. The number of imidazole rings is 1. The SMILES string of the molecule is CN(C[C@H]1CC[C@H](n2cc(N)c(C(F)F)n2)CC1)C1CCN(Cc2cccc3c2n(C)c(=O)n3C2CCC(=O)NC2=O)CC1. The molecule has 3 fully saturated rings. The third-order valence-corrected chi connectivity index (χ3v) is 10.0. The molecule has 1 aromatic carbocycles. The van der Waals surface area contributed by atoms with E-state index in [9.17, 15) is 23.2 Å². The van der Waals surface area contributed by atoms with Crippen molar-refractivity contribution in [2.75, 3.05) is 32.4 Å². The van der Waals surface area contributed by atoms with Gasteiger partial charge in [0.25, 0.3) is 6.43 Å². The molecule has 4 heterocycles. The Morgan fingerprint density at radius 1 is 1.07 bits per heavy atom. The molecule has 0 radical (unpaired) electrons. The van der Waals surface area contributed by atoms with Gasteiger partial charge in [0, 0.05) is 38.8 Å². The summed E-state index contributed by atoms with van der Waals surface area (Å²) in [5, 5.41) is 6.44. The van der Waals surface area contributed by atoms with Crippen LogP contribution >= 0.6 is 0 Å². The average molecular weight is 613 g/mol. The minimum absolute atomic E-state index is 0.0690. The number of anilines is 1. The van der Waals surface area contributed by atoms with Crippen molar-refractivity contribution in [3.05, 3.63) is 46.1 Å². The van der Waals surface area contributed by atoms with Crippen molar-refractivity contribution < 1.29 is 18.4 Å². The predicted molar refractivity (Wildman–Crippen MR) is 162 cm³/mol. The van der Waals surface area contributed by atoms with Crippen LogP contribution in [0.4, 0.5) is 14.5 Å². The second-order valence-electron chi connectivity index (χ2n) is 12.8. The van der Waals surface area contributed by atoms with Crippen LogP contribution in [0, 0.1) is 5.92 Å². The number of carbonyl (C=O) groups excluding carboxylic acids is 2. The molecule has 1 unspecified atom stereocenters. The number of benzene rings is 1. The Morgan fingerprint density at radius 3 is 2.45 bits per heavy atom. The van der Waals surface area contributed by atoms with Crippen LogP contribution in [-0.2, 0) is 23.2 Å².